The van der Waals surface area contributed by atoms with E-state index in [1.165, 1.54) is 18.3 Å². The lowest BCUT2D eigenvalue weighted by molar-refractivity contribution is 0.0315. The van der Waals surface area contributed by atoms with Crippen LogP contribution in [0, 0.1) is 11.3 Å². The molecule has 1 saturated heterocycles. The van der Waals surface area contributed by atoms with Gasteiger partial charge in [-0.1, -0.05) is 18.2 Å². The summed E-state index contributed by atoms with van der Waals surface area (Å²) in [6, 6.07) is 13.3. The normalized spacial score (nSPS) is 19.5. The topological polar surface area (TPSA) is 106 Å². The SMILES string of the molecule is N#Cc1ccc(C(=O)N[C@@H]2CCN(C(=O)c3ccccc3)C[C@H]2O)cn1. The number of β-amino-alcohol motifs (C(OH)–C–C–N with tert-alkyl or cyclic N) is 1. The molecule has 1 fully saturated rings. The van der Waals surface area contributed by atoms with E-state index in [9.17, 15) is 14.7 Å². The number of benzene rings is 1. The van der Waals surface area contributed by atoms with Crippen molar-refractivity contribution in [2.75, 3.05) is 13.1 Å². The molecule has 2 N–H and O–H groups in total. The maximum Gasteiger partial charge on any atom is 0.253 e. The predicted molar refractivity (Wildman–Crippen MR) is 93.2 cm³/mol. The highest BCUT2D eigenvalue weighted by Gasteiger charge is 2.31. The van der Waals surface area contributed by atoms with Crippen LogP contribution < -0.4 is 5.32 Å². The van der Waals surface area contributed by atoms with Gasteiger partial charge in [-0.3, -0.25) is 9.59 Å². The van der Waals surface area contributed by atoms with Gasteiger partial charge in [0.1, 0.15) is 11.8 Å². The van der Waals surface area contributed by atoms with Crippen LogP contribution in [0.25, 0.3) is 0 Å². The Hall–Kier alpha value is -3.24. The molecule has 2 heterocycles. The summed E-state index contributed by atoms with van der Waals surface area (Å²) in [5.74, 6) is -0.500. The Kier molecular flexibility index (Phi) is 5.25. The number of aliphatic hydroxyl groups is 1. The van der Waals surface area contributed by atoms with E-state index in [-0.39, 0.29) is 24.1 Å². The summed E-state index contributed by atoms with van der Waals surface area (Å²) in [5, 5.41) is 21.9. The van der Waals surface area contributed by atoms with Gasteiger partial charge in [0.15, 0.2) is 0 Å². The smallest absolute Gasteiger partial charge is 0.253 e. The number of nitrogens with zero attached hydrogens (tertiary/aromatic N) is 3. The van der Waals surface area contributed by atoms with E-state index in [0.29, 0.717) is 24.1 Å². The second-order valence-electron chi connectivity index (χ2n) is 6.10. The van der Waals surface area contributed by atoms with Crippen molar-refractivity contribution in [2.24, 2.45) is 0 Å². The molecule has 0 spiro atoms. The molecule has 0 radical (unpaired) electrons. The van der Waals surface area contributed by atoms with Crippen LogP contribution in [0.15, 0.2) is 48.7 Å². The molecule has 132 valence electrons. The summed E-state index contributed by atoms with van der Waals surface area (Å²) in [6.07, 6.45) is 0.926. The van der Waals surface area contributed by atoms with E-state index in [2.05, 4.69) is 10.3 Å². The van der Waals surface area contributed by atoms with Crippen molar-refractivity contribution in [2.45, 2.75) is 18.6 Å². The number of aliphatic hydroxyl groups excluding tert-OH is 1. The molecule has 1 aliphatic rings. The number of likely N-dealkylation sites (tertiary alicyclic amines) is 1. The van der Waals surface area contributed by atoms with E-state index in [1.807, 2.05) is 12.1 Å². The van der Waals surface area contributed by atoms with Gasteiger partial charge in [0.2, 0.25) is 0 Å². The number of carbonyl (C=O) groups excluding carboxylic acids is 2. The number of pyridine rings is 1. The zero-order valence-electron chi connectivity index (χ0n) is 14.0. The first-order chi connectivity index (χ1) is 12.6. The van der Waals surface area contributed by atoms with Crippen LogP contribution >= 0.6 is 0 Å². The first-order valence-electron chi connectivity index (χ1n) is 8.28. The van der Waals surface area contributed by atoms with Gasteiger partial charge in [0, 0.05) is 24.8 Å². The molecule has 2 atom stereocenters. The second kappa shape index (κ2) is 7.76. The van der Waals surface area contributed by atoms with E-state index < -0.39 is 12.1 Å². The van der Waals surface area contributed by atoms with Crippen LogP contribution in [0.1, 0.15) is 32.8 Å². The summed E-state index contributed by atoms with van der Waals surface area (Å²) < 4.78 is 0. The van der Waals surface area contributed by atoms with E-state index in [4.69, 9.17) is 5.26 Å². The molecule has 26 heavy (non-hydrogen) atoms. The van der Waals surface area contributed by atoms with Gasteiger partial charge in [-0.05, 0) is 30.7 Å². The lowest BCUT2D eigenvalue weighted by Gasteiger charge is -2.36. The number of piperidine rings is 1. The molecular weight excluding hydrogens is 332 g/mol. The first-order valence-corrected chi connectivity index (χ1v) is 8.28. The molecule has 1 aliphatic heterocycles. The lowest BCUT2D eigenvalue weighted by Crippen LogP contribution is -2.55. The first kappa shape index (κ1) is 17.6. The van der Waals surface area contributed by atoms with Crippen molar-refractivity contribution in [3.63, 3.8) is 0 Å². The Morgan fingerprint density at radius 3 is 2.58 bits per heavy atom. The van der Waals surface area contributed by atoms with Gasteiger partial charge in [-0.25, -0.2) is 4.98 Å². The molecule has 1 aromatic carbocycles. The molecule has 7 nitrogen and oxygen atoms in total. The Morgan fingerprint density at radius 1 is 1.19 bits per heavy atom. The summed E-state index contributed by atoms with van der Waals surface area (Å²) in [7, 11) is 0. The third-order valence-corrected chi connectivity index (χ3v) is 4.35. The molecular formula is C19H18N4O3. The second-order valence-corrected chi connectivity index (χ2v) is 6.10. The third-order valence-electron chi connectivity index (χ3n) is 4.35. The monoisotopic (exact) mass is 350 g/mol. The van der Waals surface area contributed by atoms with Crippen molar-refractivity contribution < 1.29 is 14.7 Å². The number of hydrogen-bond donors (Lipinski definition) is 2. The Morgan fingerprint density at radius 2 is 1.96 bits per heavy atom. The zero-order valence-corrected chi connectivity index (χ0v) is 14.0. The number of rotatable bonds is 3. The molecule has 0 saturated carbocycles. The van der Waals surface area contributed by atoms with Gasteiger partial charge in [-0.2, -0.15) is 5.26 Å². The minimum atomic E-state index is -0.855. The molecule has 2 amide bonds. The Labute approximate surface area is 150 Å². The Balaban J connectivity index is 1.59. The number of aromatic nitrogens is 1. The summed E-state index contributed by atoms with van der Waals surface area (Å²) in [4.78, 5) is 30.2. The fourth-order valence-electron chi connectivity index (χ4n) is 2.89. The third kappa shape index (κ3) is 3.87. The fourth-order valence-corrected chi connectivity index (χ4v) is 2.89. The van der Waals surface area contributed by atoms with Crippen LogP contribution in [0.3, 0.4) is 0 Å². The van der Waals surface area contributed by atoms with Crippen molar-refractivity contribution >= 4 is 11.8 Å². The quantitative estimate of drug-likeness (QED) is 0.857. The summed E-state index contributed by atoms with van der Waals surface area (Å²) in [5.41, 5.74) is 1.12. The van der Waals surface area contributed by atoms with E-state index >= 15 is 0 Å². The minimum Gasteiger partial charge on any atom is -0.389 e. The minimum absolute atomic E-state index is 0.134. The van der Waals surface area contributed by atoms with Gasteiger partial charge in [0.05, 0.1) is 17.7 Å². The maximum atomic E-state index is 12.4. The summed E-state index contributed by atoms with van der Waals surface area (Å²) in [6.45, 7) is 0.603. The predicted octanol–water partition coefficient (Wildman–Crippen LogP) is 0.959. The number of nitrogens with one attached hydrogen (secondary N) is 1. The number of nitriles is 1. The number of carbonyl (C=O) groups is 2. The average Bonchev–Trinajstić information content (AvgIpc) is 2.69. The molecule has 0 aliphatic carbocycles. The molecule has 0 bridgehead atoms. The molecule has 2 aromatic rings. The van der Waals surface area contributed by atoms with Crippen LogP contribution in [-0.4, -0.2) is 52.0 Å². The van der Waals surface area contributed by atoms with Crippen molar-refractivity contribution in [3.05, 3.63) is 65.5 Å². The van der Waals surface area contributed by atoms with Gasteiger partial charge < -0.3 is 15.3 Å². The molecule has 1 aromatic heterocycles. The van der Waals surface area contributed by atoms with E-state index in [1.54, 1.807) is 29.2 Å². The van der Waals surface area contributed by atoms with Crippen LogP contribution in [0.5, 0.6) is 0 Å². The average molecular weight is 350 g/mol. The van der Waals surface area contributed by atoms with E-state index in [0.717, 1.165) is 0 Å². The van der Waals surface area contributed by atoms with Crippen LogP contribution in [0.4, 0.5) is 0 Å². The van der Waals surface area contributed by atoms with Crippen molar-refractivity contribution in [3.8, 4) is 6.07 Å². The zero-order chi connectivity index (χ0) is 18.5. The van der Waals surface area contributed by atoms with Crippen LogP contribution in [0.2, 0.25) is 0 Å². The van der Waals surface area contributed by atoms with Crippen LogP contribution in [-0.2, 0) is 0 Å². The molecule has 0 unspecified atom stereocenters. The number of hydrogen-bond acceptors (Lipinski definition) is 5. The van der Waals surface area contributed by atoms with Crippen molar-refractivity contribution in [1.82, 2.24) is 15.2 Å². The fraction of sp³-hybridized carbons (Fsp3) is 0.263. The largest absolute Gasteiger partial charge is 0.389 e. The van der Waals surface area contributed by atoms with Gasteiger partial charge >= 0.3 is 0 Å². The lowest BCUT2D eigenvalue weighted by atomic mass is 10.0. The van der Waals surface area contributed by atoms with Crippen molar-refractivity contribution in [1.29, 1.82) is 5.26 Å². The Bertz CT molecular complexity index is 830. The number of amides is 2. The highest BCUT2D eigenvalue weighted by atomic mass is 16.3. The molecule has 3 rings (SSSR count). The van der Waals surface area contributed by atoms with Gasteiger partial charge in [-0.15, -0.1) is 0 Å². The highest BCUT2D eigenvalue weighted by molar-refractivity contribution is 5.95. The summed E-state index contributed by atoms with van der Waals surface area (Å²) >= 11 is 0. The molecule has 7 heteroatoms. The highest BCUT2D eigenvalue weighted by Crippen LogP contribution is 2.15. The maximum absolute atomic E-state index is 12.4. The van der Waals surface area contributed by atoms with Gasteiger partial charge in [0.25, 0.3) is 11.8 Å². The standard InChI is InChI=1S/C19H18N4O3/c20-10-15-7-6-14(11-21-15)18(25)22-16-8-9-23(12-17(16)24)19(26)13-4-2-1-3-5-13/h1-7,11,16-17,24H,8-9,12H2,(H,22,25)/t16-,17-/m1/s1.